The van der Waals surface area contributed by atoms with Crippen molar-refractivity contribution in [3.05, 3.63) is 30.4 Å². The number of anilines is 2. The van der Waals surface area contributed by atoms with E-state index in [1.165, 1.54) is 31.6 Å². The maximum absolute atomic E-state index is 14.6. The molecule has 0 spiro atoms. The molecule has 1 saturated heterocycles. The molecule has 1 aliphatic heterocycles. The van der Waals surface area contributed by atoms with Gasteiger partial charge in [-0.3, -0.25) is 9.88 Å². The molecule has 4 aromatic rings. The zero-order chi connectivity index (χ0) is 33.4. The first-order valence-electron chi connectivity index (χ1n) is 14.4. The van der Waals surface area contributed by atoms with Crippen molar-refractivity contribution in [2.24, 2.45) is 0 Å². The average Bonchev–Trinajstić information content (AvgIpc) is 3.61. The molecular formula is C29H35F2N9O6. The Hall–Kier alpha value is -4.93. The van der Waals surface area contributed by atoms with E-state index in [9.17, 15) is 18.4 Å². The topological polar surface area (TPSA) is 161 Å². The molecule has 1 N–H and O–H groups in total. The van der Waals surface area contributed by atoms with Gasteiger partial charge < -0.3 is 23.8 Å². The quantitative estimate of drug-likeness (QED) is 0.300. The monoisotopic (exact) mass is 643 g/mol. The number of aromatic nitrogens is 7. The summed E-state index contributed by atoms with van der Waals surface area (Å²) in [5.41, 5.74) is -0.842. The molecule has 0 saturated carbocycles. The van der Waals surface area contributed by atoms with Gasteiger partial charge in [-0.15, -0.1) is 0 Å². The van der Waals surface area contributed by atoms with Crippen LogP contribution in [0.25, 0.3) is 28.4 Å². The number of hydrogen-bond acceptors (Lipinski definition) is 12. The molecule has 1 aromatic carbocycles. The van der Waals surface area contributed by atoms with Crippen LogP contribution in [0.3, 0.4) is 0 Å². The van der Waals surface area contributed by atoms with Crippen LogP contribution < -0.4 is 15.0 Å². The molecule has 1 aliphatic rings. The van der Waals surface area contributed by atoms with Crippen molar-refractivity contribution in [3.8, 4) is 23.1 Å². The van der Waals surface area contributed by atoms with E-state index in [0.29, 0.717) is 31.9 Å². The lowest BCUT2D eigenvalue weighted by Gasteiger charge is -2.27. The summed E-state index contributed by atoms with van der Waals surface area (Å²) < 4.78 is 53.0. The second-order valence-corrected chi connectivity index (χ2v) is 12.3. The van der Waals surface area contributed by atoms with E-state index in [-0.39, 0.29) is 40.2 Å². The van der Waals surface area contributed by atoms with Crippen molar-refractivity contribution in [1.29, 1.82) is 0 Å². The van der Waals surface area contributed by atoms with Crippen LogP contribution in [0.5, 0.6) is 5.75 Å². The second-order valence-electron chi connectivity index (χ2n) is 12.3. The number of fused-ring (bicyclic) bond motifs is 1. The largest absolute Gasteiger partial charge is 0.494 e. The van der Waals surface area contributed by atoms with Crippen molar-refractivity contribution in [2.45, 2.75) is 59.2 Å². The molecule has 0 aliphatic carbocycles. The van der Waals surface area contributed by atoms with Crippen LogP contribution >= 0.6 is 0 Å². The zero-order valence-corrected chi connectivity index (χ0v) is 26.5. The zero-order valence-electron chi connectivity index (χ0n) is 26.5. The van der Waals surface area contributed by atoms with Gasteiger partial charge in [0.1, 0.15) is 22.5 Å². The van der Waals surface area contributed by atoms with Crippen LogP contribution in [0.2, 0.25) is 0 Å². The van der Waals surface area contributed by atoms with Crippen LogP contribution in [0.15, 0.2) is 24.5 Å². The number of amides is 1. The number of carbonyl (C=O) groups is 2. The number of benzene rings is 1. The summed E-state index contributed by atoms with van der Waals surface area (Å²) >= 11 is 0. The van der Waals surface area contributed by atoms with Crippen LogP contribution in [-0.2, 0) is 14.2 Å². The molecular weight excluding hydrogens is 608 g/mol. The Balaban J connectivity index is 1.67. The third-order valence-electron chi connectivity index (χ3n) is 6.34. The molecule has 0 unspecified atom stereocenters. The van der Waals surface area contributed by atoms with Crippen molar-refractivity contribution in [2.75, 3.05) is 43.6 Å². The molecule has 0 bridgehead atoms. The molecule has 46 heavy (non-hydrogen) atoms. The normalized spacial score (nSPS) is 14.1. The number of methoxy groups -OCH3 is 1. The van der Waals surface area contributed by atoms with Gasteiger partial charge in [0.2, 0.25) is 11.9 Å². The maximum Gasteiger partial charge on any atom is 0.435 e. The SMILES string of the molecule is COc1cc(NC(=O)OC(C)(C)C)cc2c1nc(C(F)F)n2-c1nc(-c2cnn(C(=O)OC(C)(C)C)c2)nc(N2CCOCC2)n1. The Morgan fingerprint density at radius 2 is 1.63 bits per heavy atom. The van der Waals surface area contributed by atoms with Crippen LogP contribution in [0, 0.1) is 0 Å². The van der Waals surface area contributed by atoms with Gasteiger partial charge in [-0.25, -0.2) is 23.4 Å². The van der Waals surface area contributed by atoms with E-state index in [4.69, 9.17) is 18.9 Å². The highest BCUT2D eigenvalue weighted by Crippen LogP contribution is 2.35. The van der Waals surface area contributed by atoms with E-state index in [2.05, 4.69) is 30.4 Å². The van der Waals surface area contributed by atoms with Gasteiger partial charge >= 0.3 is 12.2 Å². The Morgan fingerprint density at radius 1 is 0.957 bits per heavy atom. The van der Waals surface area contributed by atoms with E-state index >= 15 is 0 Å². The average molecular weight is 644 g/mol. The van der Waals surface area contributed by atoms with Gasteiger partial charge in [0.25, 0.3) is 6.43 Å². The predicted octanol–water partition coefficient (Wildman–Crippen LogP) is 4.99. The fourth-order valence-corrected chi connectivity index (χ4v) is 4.50. The van der Waals surface area contributed by atoms with Gasteiger partial charge in [0.15, 0.2) is 11.6 Å². The molecule has 4 heterocycles. The highest BCUT2D eigenvalue weighted by atomic mass is 19.3. The van der Waals surface area contributed by atoms with Crippen molar-refractivity contribution < 1.29 is 37.3 Å². The third kappa shape index (κ3) is 7.30. The Kier molecular flexibility index (Phi) is 8.79. The minimum absolute atomic E-state index is 0.0540. The second kappa shape index (κ2) is 12.5. The third-order valence-corrected chi connectivity index (χ3v) is 6.34. The number of halogens is 2. The Morgan fingerprint density at radius 3 is 2.26 bits per heavy atom. The summed E-state index contributed by atoms with van der Waals surface area (Å²) in [7, 11) is 1.35. The highest BCUT2D eigenvalue weighted by molar-refractivity contribution is 5.93. The molecule has 15 nitrogen and oxygen atoms in total. The molecule has 0 atom stereocenters. The predicted molar refractivity (Wildman–Crippen MR) is 162 cm³/mol. The van der Waals surface area contributed by atoms with Gasteiger partial charge in [-0.1, -0.05) is 0 Å². The number of ether oxygens (including phenoxy) is 4. The fourth-order valence-electron chi connectivity index (χ4n) is 4.50. The van der Waals surface area contributed by atoms with Gasteiger partial charge in [-0.05, 0) is 47.6 Å². The van der Waals surface area contributed by atoms with E-state index in [0.717, 1.165) is 9.25 Å². The van der Waals surface area contributed by atoms with E-state index in [1.54, 1.807) is 41.5 Å². The number of nitrogens with zero attached hydrogens (tertiary/aromatic N) is 8. The molecule has 1 amide bonds. The lowest BCUT2D eigenvalue weighted by molar-refractivity contribution is 0.0513. The summed E-state index contributed by atoms with van der Waals surface area (Å²) in [4.78, 5) is 44.9. The Bertz CT molecular complexity index is 1750. The van der Waals surface area contributed by atoms with Crippen molar-refractivity contribution >= 4 is 34.9 Å². The van der Waals surface area contributed by atoms with E-state index in [1.807, 2.05) is 4.90 Å². The maximum atomic E-state index is 14.6. The standard InChI is InChI=1S/C29H35F2N9O6/c1-28(2,3)45-26(41)33-17-12-18-20(19(13-17)43-7)34-23(21(30)31)40(18)25-36-22(35-24(37-25)38-8-10-44-11-9-38)16-14-32-39(15-16)27(42)46-29(4,5)6/h12-15,21H,8-11H2,1-7H3,(H,33,41). The number of rotatable bonds is 6. The first kappa shape index (κ1) is 32.5. The molecule has 17 heteroatoms. The summed E-state index contributed by atoms with van der Waals surface area (Å²) in [6.45, 7) is 12.0. The highest BCUT2D eigenvalue weighted by Gasteiger charge is 2.28. The van der Waals surface area contributed by atoms with E-state index < -0.39 is 35.6 Å². The molecule has 0 radical (unpaired) electrons. The minimum Gasteiger partial charge on any atom is -0.494 e. The number of alkyl halides is 2. The van der Waals surface area contributed by atoms with Crippen LogP contribution in [-0.4, -0.2) is 91.1 Å². The summed E-state index contributed by atoms with van der Waals surface area (Å²) in [6, 6.07) is 2.89. The molecule has 5 rings (SSSR count). The first-order valence-corrected chi connectivity index (χ1v) is 14.4. The number of morpholine rings is 1. The van der Waals surface area contributed by atoms with Crippen LogP contribution in [0.1, 0.15) is 53.8 Å². The number of nitrogens with one attached hydrogen (secondary N) is 1. The van der Waals surface area contributed by atoms with Gasteiger partial charge in [-0.2, -0.15) is 24.7 Å². The summed E-state index contributed by atoms with van der Waals surface area (Å²) in [5, 5.41) is 6.71. The lowest BCUT2D eigenvalue weighted by Crippen LogP contribution is -2.37. The van der Waals surface area contributed by atoms with Gasteiger partial charge in [0.05, 0.1) is 37.6 Å². The number of imidazole rings is 1. The smallest absolute Gasteiger partial charge is 0.435 e. The number of hydrogen-bond donors (Lipinski definition) is 1. The molecule has 246 valence electrons. The Labute approximate surface area is 262 Å². The van der Waals surface area contributed by atoms with Crippen molar-refractivity contribution in [1.82, 2.24) is 34.3 Å². The fraction of sp³-hybridized carbons (Fsp3) is 0.483. The van der Waals surface area contributed by atoms with Gasteiger partial charge in [0, 0.05) is 31.0 Å². The lowest BCUT2D eigenvalue weighted by atomic mass is 10.2. The minimum atomic E-state index is -3.05. The molecule has 3 aromatic heterocycles. The summed E-state index contributed by atoms with van der Waals surface area (Å²) in [6.07, 6.45) is -1.80. The first-order chi connectivity index (χ1) is 21.6. The number of carbonyl (C=O) groups excluding carboxylic acids is 2. The molecule has 1 fully saturated rings. The summed E-state index contributed by atoms with van der Waals surface area (Å²) in [5.74, 6) is -0.502. The van der Waals surface area contributed by atoms with Crippen LogP contribution in [0.4, 0.5) is 30.0 Å². The van der Waals surface area contributed by atoms with Crippen molar-refractivity contribution in [3.63, 3.8) is 0 Å².